The maximum Gasteiger partial charge on any atom is 0.211 e. The molecule has 64 valence electrons. The molecule has 0 unspecified atom stereocenters. The van der Waals surface area contributed by atoms with E-state index in [4.69, 9.17) is 11.6 Å². The molecule has 0 heterocycles. The number of hydrogen-bond acceptors (Lipinski definition) is 1. The summed E-state index contributed by atoms with van der Waals surface area (Å²) in [5, 5.41) is 3.10. The van der Waals surface area contributed by atoms with Crippen molar-refractivity contribution in [3.05, 3.63) is 28.8 Å². The lowest BCUT2D eigenvalue weighted by molar-refractivity contribution is -0.105. The van der Waals surface area contributed by atoms with E-state index >= 15 is 0 Å². The topological polar surface area (TPSA) is 29.1 Å². The van der Waals surface area contributed by atoms with Crippen molar-refractivity contribution in [2.75, 3.05) is 5.32 Å². The maximum atomic E-state index is 10.1. The molecule has 1 amide bonds. The van der Waals surface area contributed by atoms with Gasteiger partial charge in [0.2, 0.25) is 6.41 Å². The van der Waals surface area contributed by atoms with Crippen molar-refractivity contribution >= 4 is 23.7 Å². The second-order valence-corrected chi connectivity index (χ2v) is 2.84. The summed E-state index contributed by atoms with van der Waals surface area (Å²) in [5.74, 6) is 0. The van der Waals surface area contributed by atoms with Gasteiger partial charge in [0.15, 0.2) is 0 Å². The Bertz CT molecular complexity index is 286. The maximum absolute atomic E-state index is 10.1. The van der Waals surface area contributed by atoms with Crippen LogP contribution in [0, 0.1) is 0 Å². The minimum atomic E-state index is 0.585. The molecular formula is C9H10ClNO. The van der Waals surface area contributed by atoms with Gasteiger partial charge in [-0.3, -0.25) is 4.79 Å². The highest BCUT2D eigenvalue weighted by Gasteiger charge is 1.98. The van der Waals surface area contributed by atoms with Gasteiger partial charge in [-0.1, -0.05) is 24.6 Å². The highest BCUT2D eigenvalue weighted by atomic mass is 35.5. The first kappa shape index (κ1) is 9.07. The normalized spacial score (nSPS) is 9.50. The number of benzene rings is 1. The Balaban J connectivity index is 2.94. The zero-order valence-electron chi connectivity index (χ0n) is 6.80. The van der Waals surface area contributed by atoms with E-state index in [0.717, 1.165) is 12.0 Å². The average Bonchev–Trinajstić information content (AvgIpc) is 2.09. The van der Waals surface area contributed by atoms with Crippen LogP contribution < -0.4 is 5.32 Å². The number of carbonyl (C=O) groups is 1. The highest BCUT2D eigenvalue weighted by molar-refractivity contribution is 6.33. The fourth-order valence-corrected chi connectivity index (χ4v) is 1.22. The molecule has 3 heteroatoms. The van der Waals surface area contributed by atoms with Crippen molar-refractivity contribution in [3.8, 4) is 0 Å². The van der Waals surface area contributed by atoms with Gasteiger partial charge in [-0.05, 0) is 24.1 Å². The molecular weight excluding hydrogens is 174 g/mol. The van der Waals surface area contributed by atoms with Gasteiger partial charge in [0.05, 0.1) is 10.7 Å². The van der Waals surface area contributed by atoms with Crippen LogP contribution >= 0.6 is 11.6 Å². The predicted octanol–water partition coefficient (Wildman–Crippen LogP) is 2.47. The molecule has 0 saturated carbocycles. The number of anilines is 1. The molecule has 2 nitrogen and oxygen atoms in total. The van der Waals surface area contributed by atoms with Gasteiger partial charge in [-0.15, -0.1) is 0 Å². The second kappa shape index (κ2) is 4.12. The zero-order chi connectivity index (χ0) is 8.97. The third-order valence-electron chi connectivity index (χ3n) is 1.66. The SMILES string of the molecule is CCc1ccc(NC=O)c(Cl)c1. The quantitative estimate of drug-likeness (QED) is 0.717. The van der Waals surface area contributed by atoms with Crippen molar-refractivity contribution in [1.82, 2.24) is 0 Å². The first-order valence-corrected chi connectivity index (χ1v) is 4.14. The van der Waals surface area contributed by atoms with Gasteiger partial charge in [-0.25, -0.2) is 0 Å². The number of halogens is 1. The Labute approximate surface area is 76.5 Å². The Morgan fingerprint density at radius 3 is 2.83 bits per heavy atom. The first-order chi connectivity index (χ1) is 5.77. The van der Waals surface area contributed by atoms with Crippen molar-refractivity contribution in [2.45, 2.75) is 13.3 Å². The van der Waals surface area contributed by atoms with Crippen molar-refractivity contribution < 1.29 is 4.79 Å². The summed E-state index contributed by atoms with van der Waals surface area (Å²) < 4.78 is 0. The van der Waals surface area contributed by atoms with Crippen molar-refractivity contribution in [2.24, 2.45) is 0 Å². The third-order valence-corrected chi connectivity index (χ3v) is 1.97. The van der Waals surface area contributed by atoms with Gasteiger partial charge in [0, 0.05) is 0 Å². The number of hydrogen-bond donors (Lipinski definition) is 1. The molecule has 0 spiro atoms. The molecule has 0 aliphatic heterocycles. The summed E-state index contributed by atoms with van der Waals surface area (Å²) in [6, 6.07) is 5.60. The second-order valence-electron chi connectivity index (χ2n) is 2.43. The summed E-state index contributed by atoms with van der Waals surface area (Å²) in [7, 11) is 0. The minimum absolute atomic E-state index is 0.585. The third kappa shape index (κ3) is 1.98. The molecule has 1 aromatic carbocycles. The summed E-state index contributed by atoms with van der Waals surface area (Å²) >= 11 is 5.87. The molecule has 1 aromatic rings. The van der Waals surface area contributed by atoms with Gasteiger partial charge in [0.25, 0.3) is 0 Å². The van der Waals surface area contributed by atoms with Crippen LogP contribution in [-0.4, -0.2) is 6.41 Å². The van der Waals surface area contributed by atoms with E-state index in [9.17, 15) is 4.79 Å². The molecule has 0 radical (unpaired) electrons. The van der Waals surface area contributed by atoms with Crippen molar-refractivity contribution in [1.29, 1.82) is 0 Å². The van der Waals surface area contributed by atoms with Crippen LogP contribution in [-0.2, 0) is 11.2 Å². The van der Waals surface area contributed by atoms with Gasteiger partial charge in [0.1, 0.15) is 0 Å². The smallest absolute Gasteiger partial charge is 0.211 e. The van der Waals surface area contributed by atoms with E-state index in [2.05, 4.69) is 12.2 Å². The first-order valence-electron chi connectivity index (χ1n) is 3.76. The molecule has 0 aromatic heterocycles. The molecule has 1 rings (SSSR count). The number of rotatable bonds is 3. The van der Waals surface area contributed by atoms with Crippen molar-refractivity contribution in [3.63, 3.8) is 0 Å². The molecule has 1 N–H and O–H groups in total. The highest BCUT2D eigenvalue weighted by Crippen LogP contribution is 2.22. The van der Waals surface area contributed by atoms with Crippen LogP contribution in [0.4, 0.5) is 5.69 Å². The van der Waals surface area contributed by atoms with E-state index < -0.39 is 0 Å². The fraction of sp³-hybridized carbons (Fsp3) is 0.222. The largest absolute Gasteiger partial charge is 0.327 e. The predicted molar refractivity (Wildman–Crippen MR) is 50.5 cm³/mol. The minimum Gasteiger partial charge on any atom is -0.327 e. The van der Waals surface area contributed by atoms with Crippen LogP contribution in [0.1, 0.15) is 12.5 Å². The molecule has 0 aliphatic carbocycles. The number of carbonyl (C=O) groups excluding carboxylic acids is 1. The molecule has 0 bridgehead atoms. The molecule has 0 fully saturated rings. The number of aryl methyl sites for hydroxylation is 1. The van der Waals surface area contributed by atoms with E-state index in [1.165, 1.54) is 0 Å². The van der Waals surface area contributed by atoms with E-state index in [-0.39, 0.29) is 0 Å². The van der Waals surface area contributed by atoms with Crippen LogP contribution in [0.2, 0.25) is 5.02 Å². The summed E-state index contributed by atoms with van der Waals surface area (Å²) in [4.78, 5) is 10.1. The van der Waals surface area contributed by atoms with Gasteiger partial charge < -0.3 is 5.32 Å². The lowest BCUT2D eigenvalue weighted by Gasteiger charge is -2.03. The zero-order valence-corrected chi connectivity index (χ0v) is 7.56. The monoisotopic (exact) mass is 183 g/mol. The summed E-state index contributed by atoms with van der Waals surface area (Å²) in [5.41, 5.74) is 1.82. The number of nitrogens with one attached hydrogen (secondary N) is 1. The standard InChI is InChI=1S/C9H10ClNO/c1-2-7-3-4-9(11-6-12)8(10)5-7/h3-6H,2H2,1H3,(H,11,12). The molecule has 0 saturated heterocycles. The lowest BCUT2D eigenvalue weighted by Crippen LogP contribution is -1.94. The summed E-state index contributed by atoms with van der Waals surface area (Å²) in [6.07, 6.45) is 1.56. The van der Waals surface area contributed by atoms with Gasteiger partial charge >= 0.3 is 0 Å². The van der Waals surface area contributed by atoms with Crippen LogP contribution in [0.25, 0.3) is 0 Å². The summed E-state index contributed by atoms with van der Waals surface area (Å²) in [6.45, 7) is 2.05. The number of amides is 1. The average molecular weight is 184 g/mol. The van der Waals surface area contributed by atoms with Crippen LogP contribution in [0.5, 0.6) is 0 Å². The molecule has 12 heavy (non-hydrogen) atoms. The molecule has 0 aliphatic rings. The molecule has 0 atom stereocenters. The van der Waals surface area contributed by atoms with E-state index in [0.29, 0.717) is 17.1 Å². The van der Waals surface area contributed by atoms with E-state index in [1.54, 1.807) is 6.07 Å². The fourth-order valence-electron chi connectivity index (χ4n) is 0.959. The Hall–Kier alpha value is -1.02. The van der Waals surface area contributed by atoms with Crippen LogP contribution in [0.3, 0.4) is 0 Å². The lowest BCUT2D eigenvalue weighted by atomic mass is 10.1. The Morgan fingerprint density at radius 2 is 2.33 bits per heavy atom. The van der Waals surface area contributed by atoms with Gasteiger partial charge in [-0.2, -0.15) is 0 Å². The Morgan fingerprint density at radius 1 is 1.58 bits per heavy atom. The van der Waals surface area contributed by atoms with E-state index in [1.807, 2.05) is 12.1 Å². The van der Waals surface area contributed by atoms with Crippen LogP contribution in [0.15, 0.2) is 18.2 Å². The Kier molecular flexibility index (Phi) is 3.11.